The van der Waals surface area contributed by atoms with Crippen LogP contribution in [-0.4, -0.2) is 38.2 Å². The van der Waals surface area contributed by atoms with Crippen molar-refractivity contribution < 1.29 is 13.2 Å². The van der Waals surface area contributed by atoms with Gasteiger partial charge in [-0.3, -0.25) is 11.3 Å². The smallest absolute Gasteiger partial charge is 0.150 e. The average molecular weight is 302 g/mol. The van der Waals surface area contributed by atoms with Gasteiger partial charge in [0.25, 0.3) is 0 Å². The first kappa shape index (κ1) is 14.8. The fourth-order valence-electron chi connectivity index (χ4n) is 4.14. The van der Waals surface area contributed by atoms with E-state index in [0.717, 1.165) is 32.3 Å². The maximum Gasteiger partial charge on any atom is 0.150 e. The van der Waals surface area contributed by atoms with Crippen molar-refractivity contribution in [3.05, 3.63) is 0 Å². The molecule has 0 aromatic carbocycles. The van der Waals surface area contributed by atoms with Crippen LogP contribution in [0.25, 0.3) is 0 Å². The zero-order valence-electron chi connectivity index (χ0n) is 12.0. The van der Waals surface area contributed by atoms with Crippen molar-refractivity contribution in [2.24, 2.45) is 17.7 Å². The number of hydrazine groups is 1. The average Bonchev–Trinajstić information content (AvgIpc) is 2.73. The minimum atomic E-state index is -2.79. The molecule has 116 valence electrons. The first-order chi connectivity index (χ1) is 9.52. The summed E-state index contributed by atoms with van der Waals surface area (Å²) in [7, 11) is -2.79. The van der Waals surface area contributed by atoms with Crippen LogP contribution in [0.15, 0.2) is 0 Å². The molecule has 3 fully saturated rings. The molecule has 3 atom stereocenters. The van der Waals surface area contributed by atoms with Gasteiger partial charge in [0, 0.05) is 12.6 Å². The van der Waals surface area contributed by atoms with Gasteiger partial charge in [0.2, 0.25) is 0 Å². The molecule has 1 aliphatic carbocycles. The van der Waals surface area contributed by atoms with E-state index in [1.54, 1.807) is 0 Å². The second-order valence-electron chi connectivity index (χ2n) is 6.92. The Kier molecular flexibility index (Phi) is 4.10. The lowest BCUT2D eigenvalue weighted by Gasteiger charge is -2.49. The third-order valence-corrected chi connectivity index (χ3v) is 7.33. The van der Waals surface area contributed by atoms with Crippen LogP contribution in [0.3, 0.4) is 0 Å². The highest BCUT2D eigenvalue weighted by atomic mass is 32.2. The third-order valence-electron chi connectivity index (χ3n) is 5.49. The summed E-state index contributed by atoms with van der Waals surface area (Å²) in [5, 5.41) is 0. The summed E-state index contributed by atoms with van der Waals surface area (Å²) in [6.07, 6.45) is 7.44. The maximum absolute atomic E-state index is 11.6. The van der Waals surface area contributed by atoms with Crippen LogP contribution in [0.4, 0.5) is 0 Å². The van der Waals surface area contributed by atoms with Crippen molar-refractivity contribution >= 4 is 9.84 Å². The van der Waals surface area contributed by atoms with Crippen LogP contribution in [0.1, 0.15) is 44.9 Å². The standard InChI is InChI=1S/C14H26N2O3S/c15-16-13(8-11-3-7-20(17,18)10-11)12-2-6-19-14(9-12)4-1-5-14/h11-13,16H,1-10,15H2. The molecule has 2 saturated heterocycles. The van der Waals surface area contributed by atoms with Crippen molar-refractivity contribution in [1.29, 1.82) is 0 Å². The molecule has 0 radical (unpaired) electrons. The summed E-state index contributed by atoms with van der Waals surface area (Å²) < 4.78 is 29.1. The first-order valence-electron chi connectivity index (χ1n) is 7.82. The van der Waals surface area contributed by atoms with Gasteiger partial charge in [-0.25, -0.2) is 8.42 Å². The number of rotatable bonds is 4. The van der Waals surface area contributed by atoms with Gasteiger partial charge in [0.15, 0.2) is 9.84 Å². The van der Waals surface area contributed by atoms with Gasteiger partial charge in [0.1, 0.15) is 0 Å². The number of ether oxygens (including phenoxy) is 1. The molecule has 3 aliphatic rings. The van der Waals surface area contributed by atoms with Gasteiger partial charge in [0.05, 0.1) is 17.1 Å². The predicted octanol–water partition coefficient (Wildman–Crippen LogP) is 0.992. The SMILES string of the molecule is NNC(CC1CCS(=O)(=O)C1)C1CCOC2(CCC2)C1. The summed E-state index contributed by atoms with van der Waals surface area (Å²) in [5.74, 6) is 7.26. The summed E-state index contributed by atoms with van der Waals surface area (Å²) in [6.45, 7) is 0.825. The molecule has 1 spiro atoms. The van der Waals surface area contributed by atoms with E-state index in [2.05, 4.69) is 5.43 Å². The molecule has 2 aliphatic heterocycles. The molecule has 0 aromatic heterocycles. The monoisotopic (exact) mass is 302 g/mol. The van der Waals surface area contributed by atoms with Crippen molar-refractivity contribution in [3.63, 3.8) is 0 Å². The lowest BCUT2D eigenvalue weighted by molar-refractivity contribution is -0.147. The van der Waals surface area contributed by atoms with Crippen LogP contribution in [0, 0.1) is 11.8 Å². The number of hydrogen-bond donors (Lipinski definition) is 2. The Morgan fingerprint density at radius 1 is 1.35 bits per heavy atom. The number of sulfone groups is 1. The highest BCUT2D eigenvalue weighted by Crippen LogP contribution is 2.45. The molecule has 2 heterocycles. The zero-order valence-corrected chi connectivity index (χ0v) is 12.8. The number of hydrogen-bond acceptors (Lipinski definition) is 5. The van der Waals surface area contributed by atoms with Gasteiger partial charge < -0.3 is 4.74 Å². The van der Waals surface area contributed by atoms with E-state index in [9.17, 15) is 8.42 Å². The minimum absolute atomic E-state index is 0.125. The van der Waals surface area contributed by atoms with Gasteiger partial charge in [-0.1, -0.05) is 0 Å². The fraction of sp³-hybridized carbons (Fsp3) is 1.00. The molecule has 0 aromatic rings. The highest BCUT2D eigenvalue weighted by Gasteiger charge is 2.44. The van der Waals surface area contributed by atoms with Gasteiger partial charge >= 0.3 is 0 Å². The molecule has 1 saturated carbocycles. The first-order valence-corrected chi connectivity index (χ1v) is 9.65. The van der Waals surface area contributed by atoms with Crippen molar-refractivity contribution in [2.75, 3.05) is 18.1 Å². The molecule has 3 unspecified atom stereocenters. The van der Waals surface area contributed by atoms with E-state index in [-0.39, 0.29) is 17.6 Å². The van der Waals surface area contributed by atoms with Crippen LogP contribution < -0.4 is 11.3 Å². The summed E-state index contributed by atoms with van der Waals surface area (Å²) in [5.41, 5.74) is 3.09. The van der Waals surface area contributed by atoms with E-state index in [0.29, 0.717) is 17.4 Å². The Hall–Kier alpha value is -0.170. The lowest BCUT2D eigenvalue weighted by Crippen LogP contribution is -2.52. The van der Waals surface area contributed by atoms with Crippen LogP contribution >= 0.6 is 0 Å². The zero-order chi connectivity index (χ0) is 14.2. The van der Waals surface area contributed by atoms with Gasteiger partial charge in [-0.15, -0.1) is 0 Å². The number of nitrogens with one attached hydrogen (secondary N) is 1. The maximum atomic E-state index is 11.6. The predicted molar refractivity (Wildman–Crippen MR) is 77.7 cm³/mol. The Bertz CT molecular complexity index is 447. The normalized spacial score (nSPS) is 36.6. The quantitative estimate of drug-likeness (QED) is 0.598. The van der Waals surface area contributed by atoms with E-state index in [1.165, 1.54) is 19.3 Å². The van der Waals surface area contributed by atoms with E-state index in [4.69, 9.17) is 10.6 Å². The topological polar surface area (TPSA) is 81.4 Å². The summed E-state index contributed by atoms with van der Waals surface area (Å²) in [4.78, 5) is 0. The van der Waals surface area contributed by atoms with Crippen LogP contribution in [-0.2, 0) is 14.6 Å². The second kappa shape index (κ2) is 5.55. The van der Waals surface area contributed by atoms with Gasteiger partial charge in [-0.05, 0) is 56.8 Å². The summed E-state index contributed by atoms with van der Waals surface area (Å²) >= 11 is 0. The molecular formula is C14H26N2O3S. The van der Waals surface area contributed by atoms with Crippen molar-refractivity contribution in [2.45, 2.75) is 56.6 Å². The Labute approximate surface area is 121 Å². The fourth-order valence-corrected chi connectivity index (χ4v) is 6.02. The Balaban J connectivity index is 1.58. The minimum Gasteiger partial charge on any atom is -0.375 e. The largest absolute Gasteiger partial charge is 0.375 e. The molecule has 0 bridgehead atoms. The molecule has 20 heavy (non-hydrogen) atoms. The van der Waals surface area contributed by atoms with Crippen LogP contribution in [0.5, 0.6) is 0 Å². The second-order valence-corrected chi connectivity index (χ2v) is 9.14. The molecule has 5 nitrogen and oxygen atoms in total. The lowest BCUT2D eigenvalue weighted by atomic mass is 9.69. The third kappa shape index (κ3) is 3.03. The van der Waals surface area contributed by atoms with Crippen LogP contribution in [0.2, 0.25) is 0 Å². The molecule has 6 heteroatoms. The van der Waals surface area contributed by atoms with Crippen molar-refractivity contribution in [3.8, 4) is 0 Å². The molecular weight excluding hydrogens is 276 g/mol. The molecule has 0 amide bonds. The van der Waals surface area contributed by atoms with E-state index >= 15 is 0 Å². The van der Waals surface area contributed by atoms with E-state index < -0.39 is 9.84 Å². The van der Waals surface area contributed by atoms with Gasteiger partial charge in [-0.2, -0.15) is 0 Å². The van der Waals surface area contributed by atoms with E-state index in [1.807, 2.05) is 0 Å². The molecule has 3 N–H and O–H groups in total. The number of nitrogens with two attached hydrogens (primary N) is 1. The van der Waals surface area contributed by atoms with Crippen molar-refractivity contribution in [1.82, 2.24) is 5.43 Å². The highest BCUT2D eigenvalue weighted by molar-refractivity contribution is 7.91. The Morgan fingerprint density at radius 2 is 2.15 bits per heavy atom. The molecule has 3 rings (SSSR count). The summed E-state index contributed by atoms with van der Waals surface area (Å²) in [6, 6.07) is 0.231. The Morgan fingerprint density at radius 3 is 2.70 bits per heavy atom.